The van der Waals surface area contributed by atoms with E-state index in [4.69, 9.17) is 4.74 Å². The van der Waals surface area contributed by atoms with Crippen molar-refractivity contribution in [3.63, 3.8) is 0 Å². The van der Waals surface area contributed by atoms with E-state index in [9.17, 15) is 24.3 Å². The number of hydrogen-bond acceptors (Lipinski definition) is 6. The molecule has 3 N–H and O–H groups in total. The number of aliphatic hydroxyl groups is 3. The molecule has 1 saturated heterocycles. The summed E-state index contributed by atoms with van der Waals surface area (Å²) in [6.45, 7) is 3.66. The minimum absolute atomic E-state index is 0.0465. The molecule has 1 rings (SSSR count). The summed E-state index contributed by atoms with van der Waals surface area (Å²) < 4.78 is 17.5. The number of unbranched alkanes of at least 4 members (excludes halogenated alkanes) is 9. The van der Waals surface area contributed by atoms with Gasteiger partial charge in [-0.05, 0) is 13.3 Å². The molecule has 7 nitrogen and oxygen atoms in total. The number of nitrogens with zero attached hydrogens (tertiary/aromatic N) is 1. The minimum atomic E-state index is -1.94. The zero-order valence-corrected chi connectivity index (χ0v) is 17.5. The Bertz CT molecular complexity index is 446. The summed E-state index contributed by atoms with van der Waals surface area (Å²) in [5.74, 6) is 0.287. The molecule has 0 saturated carbocycles. The van der Waals surface area contributed by atoms with Crippen molar-refractivity contribution in [2.45, 2.75) is 102 Å². The van der Waals surface area contributed by atoms with Gasteiger partial charge in [0.25, 0.3) is 0 Å². The normalized spacial score (nSPS) is 20.7. The first-order valence-electron chi connectivity index (χ1n) is 10.3. The standard InChI is InChI=1S/C19H37NO6S/c1-3-4-5-6-7-8-9-10-11-12-13-27(25)17(18(22)23)20-16(15(2)21)14-26-19(20)24/h15-18,21-23H,3-14H2,1-2H3. The van der Waals surface area contributed by atoms with Gasteiger partial charge in [-0.2, -0.15) is 0 Å². The monoisotopic (exact) mass is 407 g/mol. The maximum Gasteiger partial charge on any atom is 0.411 e. The van der Waals surface area contributed by atoms with E-state index < -0.39 is 40.7 Å². The Kier molecular flexibility index (Phi) is 12.1. The number of amides is 1. The van der Waals surface area contributed by atoms with Crippen LogP contribution in [0.2, 0.25) is 0 Å². The van der Waals surface area contributed by atoms with Crippen molar-refractivity contribution < 1.29 is 29.1 Å². The van der Waals surface area contributed by atoms with Crippen LogP contribution < -0.4 is 0 Å². The fraction of sp³-hybridized carbons (Fsp3) is 0.947. The summed E-state index contributed by atoms with van der Waals surface area (Å²) in [6.07, 6.45) is 7.90. The van der Waals surface area contributed by atoms with Gasteiger partial charge in [-0.1, -0.05) is 64.7 Å². The summed E-state index contributed by atoms with van der Waals surface area (Å²) in [7, 11) is -1.63. The lowest BCUT2D eigenvalue weighted by atomic mass is 10.1. The van der Waals surface area contributed by atoms with E-state index in [0.717, 1.165) is 24.2 Å². The molecular formula is C19H37NO6S. The van der Waals surface area contributed by atoms with E-state index in [1.54, 1.807) is 0 Å². The van der Waals surface area contributed by atoms with Crippen LogP contribution in [0.5, 0.6) is 0 Å². The molecule has 0 spiro atoms. The lowest BCUT2D eigenvalue weighted by Crippen LogP contribution is -2.54. The highest BCUT2D eigenvalue weighted by Gasteiger charge is 2.45. The number of carbonyl (C=O) groups excluding carboxylic acids is 1. The number of ether oxygens (including phenoxy) is 1. The predicted molar refractivity (Wildman–Crippen MR) is 106 cm³/mol. The van der Waals surface area contributed by atoms with Gasteiger partial charge in [-0.15, -0.1) is 0 Å². The van der Waals surface area contributed by atoms with Crippen LogP contribution in [-0.2, 0) is 15.5 Å². The zero-order valence-electron chi connectivity index (χ0n) is 16.7. The Morgan fingerprint density at radius 1 is 1.04 bits per heavy atom. The molecule has 4 atom stereocenters. The Balaban J connectivity index is 2.33. The van der Waals surface area contributed by atoms with Gasteiger partial charge in [0.15, 0.2) is 11.7 Å². The number of cyclic esters (lactones) is 1. The molecule has 0 aromatic rings. The Hall–Kier alpha value is -0.700. The average molecular weight is 408 g/mol. The largest absolute Gasteiger partial charge is 0.447 e. The summed E-state index contributed by atoms with van der Waals surface area (Å²) in [4.78, 5) is 12.9. The molecule has 1 fully saturated rings. The first-order chi connectivity index (χ1) is 12.9. The van der Waals surface area contributed by atoms with Gasteiger partial charge in [-0.3, -0.25) is 9.11 Å². The molecule has 8 heteroatoms. The highest BCUT2D eigenvalue weighted by molar-refractivity contribution is 7.85. The van der Waals surface area contributed by atoms with Crippen LogP contribution in [0.1, 0.15) is 78.1 Å². The molecule has 0 aliphatic carbocycles. The van der Waals surface area contributed by atoms with Gasteiger partial charge >= 0.3 is 6.09 Å². The van der Waals surface area contributed by atoms with Gasteiger partial charge in [0, 0.05) is 16.6 Å². The van der Waals surface area contributed by atoms with Crippen molar-refractivity contribution >= 4 is 16.9 Å². The summed E-state index contributed by atoms with van der Waals surface area (Å²) in [5, 5.41) is 27.8. The van der Waals surface area contributed by atoms with Crippen LogP contribution in [0.25, 0.3) is 0 Å². The number of aliphatic hydroxyl groups excluding tert-OH is 2. The zero-order chi connectivity index (χ0) is 20.2. The summed E-state index contributed by atoms with van der Waals surface area (Å²) >= 11 is 0. The quantitative estimate of drug-likeness (QED) is 0.284. The molecule has 1 amide bonds. The van der Waals surface area contributed by atoms with Crippen molar-refractivity contribution in [1.82, 2.24) is 4.90 Å². The topological polar surface area (TPSA) is 107 Å². The maximum absolute atomic E-state index is 12.6. The van der Waals surface area contributed by atoms with E-state index in [0.29, 0.717) is 6.42 Å². The highest BCUT2D eigenvalue weighted by Crippen LogP contribution is 2.23. The second-order valence-electron chi connectivity index (χ2n) is 7.36. The van der Waals surface area contributed by atoms with Crippen LogP contribution in [0.15, 0.2) is 0 Å². The van der Waals surface area contributed by atoms with Gasteiger partial charge in [0.2, 0.25) is 0 Å². The van der Waals surface area contributed by atoms with Crippen LogP contribution >= 0.6 is 0 Å². The third-order valence-corrected chi connectivity index (χ3v) is 6.70. The molecule has 0 aromatic heterocycles. The predicted octanol–water partition coefficient (Wildman–Crippen LogP) is 2.49. The van der Waals surface area contributed by atoms with Gasteiger partial charge in [0.1, 0.15) is 6.61 Å². The third-order valence-electron chi connectivity index (χ3n) is 5.00. The lowest BCUT2D eigenvalue weighted by Gasteiger charge is -2.32. The highest BCUT2D eigenvalue weighted by atomic mass is 32.2. The Morgan fingerprint density at radius 3 is 2.04 bits per heavy atom. The molecule has 0 bridgehead atoms. The number of hydrogen-bond donors (Lipinski definition) is 3. The molecule has 1 aliphatic heterocycles. The fourth-order valence-corrected chi connectivity index (χ4v) is 4.87. The molecule has 0 radical (unpaired) electrons. The van der Waals surface area contributed by atoms with Gasteiger partial charge in [-0.25, -0.2) is 4.79 Å². The van der Waals surface area contributed by atoms with Crippen LogP contribution in [0.3, 0.4) is 0 Å². The van der Waals surface area contributed by atoms with E-state index in [1.807, 2.05) is 0 Å². The molecule has 1 heterocycles. The smallest absolute Gasteiger partial charge is 0.411 e. The maximum atomic E-state index is 12.6. The molecule has 27 heavy (non-hydrogen) atoms. The van der Waals surface area contributed by atoms with Crippen molar-refractivity contribution in [2.75, 3.05) is 12.4 Å². The van der Waals surface area contributed by atoms with E-state index in [2.05, 4.69) is 6.92 Å². The first kappa shape index (κ1) is 24.3. The summed E-state index contributed by atoms with van der Waals surface area (Å²) in [5.41, 5.74) is 0. The van der Waals surface area contributed by atoms with Crippen molar-refractivity contribution in [1.29, 1.82) is 0 Å². The molecule has 4 unspecified atom stereocenters. The van der Waals surface area contributed by atoms with E-state index >= 15 is 0 Å². The Labute approximate surface area is 165 Å². The Morgan fingerprint density at radius 2 is 1.56 bits per heavy atom. The van der Waals surface area contributed by atoms with E-state index in [1.165, 1.54) is 45.4 Å². The molecule has 160 valence electrons. The fourth-order valence-electron chi connectivity index (χ4n) is 3.37. The molecule has 0 aromatic carbocycles. The average Bonchev–Trinajstić information content (AvgIpc) is 2.98. The number of carbonyl (C=O) groups is 1. The van der Waals surface area contributed by atoms with Crippen molar-refractivity contribution in [2.24, 2.45) is 0 Å². The second-order valence-corrected chi connectivity index (χ2v) is 9.02. The third kappa shape index (κ3) is 8.46. The van der Waals surface area contributed by atoms with Gasteiger partial charge < -0.3 is 20.1 Å². The SMILES string of the molecule is CCCCCCCCCCCCS(=O)C(C(O)O)N1C(=O)OCC1C(C)O. The number of rotatable bonds is 15. The first-order valence-corrected chi connectivity index (χ1v) is 11.6. The minimum Gasteiger partial charge on any atom is -0.447 e. The van der Waals surface area contributed by atoms with Crippen LogP contribution in [-0.4, -0.2) is 66.7 Å². The summed E-state index contributed by atoms with van der Waals surface area (Å²) in [6, 6.07) is -0.721. The van der Waals surface area contributed by atoms with Crippen LogP contribution in [0, 0.1) is 0 Å². The van der Waals surface area contributed by atoms with Gasteiger partial charge in [0.05, 0.1) is 12.1 Å². The second kappa shape index (κ2) is 13.5. The molecule has 1 aliphatic rings. The van der Waals surface area contributed by atoms with Crippen molar-refractivity contribution in [3.05, 3.63) is 0 Å². The lowest BCUT2D eigenvalue weighted by molar-refractivity contribution is -0.0744. The van der Waals surface area contributed by atoms with Crippen molar-refractivity contribution in [3.8, 4) is 0 Å². The van der Waals surface area contributed by atoms with E-state index in [-0.39, 0.29) is 12.4 Å². The molecular weight excluding hydrogens is 370 g/mol. The van der Waals surface area contributed by atoms with Crippen LogP contribution in [0.4, 0.5) is 4.79 Å².